The van der Waals surface area contributed by atoms with Gasteiger partial charge in [-0.3, -0.25) is 14.8 Å². The zero-order chi connectivity index (χ0) is 25.0. The summed E-state index contributed by atoms with van der Waals surface area (Å²) < 4.78 is 5.51. The van der Waals surface area contributed by atoms with E-state index in [1.165, 1.54) is 89.9 Å². The number of unbranched alkanes of at least 4 members (excludes halogenated alkanes) is 14. The van der Waals surface area contributed by atoms with E-state index in [2.05, 4.69) is 23.8 Å². The molecule has 0 radical (unpaired) electrons. The van der Waals surface area contributed by atoms with Gasteiger partial charge in [0, 0.05) is 18.2 Å². The predicted octanol–water partition coefficient (Wildman–Crippen LogP) is 9.26. The van der Waals surface area contributed by atoms with Crippen LogP contribution in [0.15, 0.2) is 36.7 Å². The minimum atomic E-state index is -0.142. The zero-order valence-corrected chi connectivity index (χ0v) is 22.4. The van der Waals surface area contributed by atoms with Gasteiger partial charge in [0.05, 0.1) is 17.6 Å². The number of aromatic nitrogens is 2. The first-order chi connectivity index (χ1) is 17.2. The molecular formula is C31H48N2O2. The number of benzene rings is 1. The van der Waals surface area contributed by atoms with Gasteiger partial charge in [0.15, 0.2) is 0 Å². The largest absolute Gasteiger partial charge is 0.427 e. The van der Waals surface area contributed by atoms with Crippen LogP contribution in [0.3, 0.4) is 0 Å². The van der Waals surface area contributed by atoms with Crippen LogP contribution in [0.5, 0.6) is 5.75 Å². The highest BCUT2D eigenvalue weighted by molar-refractivity contribution is 5.72. The second kappa shape index (κ2) is 19.0. The van der Waals surface area contributed by atoms with Gasteiger partial charge in [0.1, 0.15) is 5.75 Å². The van der Waals surface area contributed by atoms with Gasteiger partial charge in [-0.05, 0) is 43.5 Å². The van der Waals surface area contributed by atoms with Crippen LogP contribution >= 0.6 is 0 Å². The maximum absolute atomic E-state index is 12.2. The van der Waals surface area contributed by atoms with Crippen molar-refractivity contribution in [1.82, 2.24) is 9.97 Å². The standard InChI is InChI=1S/C31H48N2O2/c1-3-5-7-9-11-12-13-14-16-18-20-31(34)35-29-23-21-27(22-24-29)30-26-32-28(25-33-30)19-17-15-10-8-6-4-2/h21-26H,3-20H2,1-2H3. The average molecular weight is 481 g/mol. The molecule has 0 aliphatic heterocycles. The van der Waals surface area contributed by atoms with Gasteiger partial charge in [-0.1, -0.05) is 104 Å². The van der Waals surface area contributed by atoms with Crippen LogP contribution in [-0.4, -0.2) is 15.9 Å². The lowest BCUT2D eigenvalue weighted by Gasteiger charge is -2.07. The number of nitrogens with zero attached hydrogens (tertiary/aromatic N) is 2. The summed E-state index contributed by atoms with van der Waals surface area (Å²) in [4.78, 5) is 21.3. The Hall–Kier alpha value is -2.23. The van der Waals surface area contributed by atoms with Gasteiger partial charge in [-0.2, -0.15) is 0 Å². The summed E-state index contributed by atoms with van der Waals surface area (Å²) in [5, 5.41) is 0. The Morgan fingerprint density at radius 3 is 1.74 bits per heavy atom. The molecule has 0 saturated carbocycles. The van der Waals surface area contributed by atoms with Crippen LogP contribution in [-0.2, 0) is 11.2 Å². The van der Waals surface area contributed by atoms with Crippen molar-refractivity contribution in [2.45, 2.75) is 129 Å². The fourth-order valence-electron chi connectivity index (χ4n) is 4.35. The molecule has 0 aliphatic carbocycles. The molecule has 1 aromatic heterocycles. The van der Waals surface area contributed by atoms with Crippen molar-refractivity contribution >= 4 is 5.97 Å². The number of aryl methyl sites for hydroxylation is 1. The minimum Gasteiger partial charge on any atom is -0.427 e. The first-order valence-corrected chi connectivity index (χ1v) is 14.3. The maximum Gasteiger partial charge on any atom is 0.311 e. The fourth-order valence-corrected chi connectivity index (χ4v) is 4.35. The van der Waals surface area contributed by atoms with Gasteiger partial charge in [0.25, 0.3) is 0 Å². The van der Waals surface area contributed by atoms with E-state index in [-0.39, 0.29) is 5.97 Å². The molecule has 0 saturated heterocycles. The third-order valence-electron chi connectivity index (χ3n) is 6.61. The van der Waals surface area contributed by atoms with E-state index in [4.69, 9.17) is 4.74 Å². The molecule has 0 aliphatic rings. The van der Waals surface area contributed by atoms with Crippen LogP contribution in [0, 0.1) is 0 Å². The van der Waals surface area contributed by atoms with E-state index >= 15 is 0 Å². The van der Waals surface area contributed by atoms with Crippen LogP contribution in [0.25, 0.3) is 11.3 Å². The summed E-state index contributed by atoms with van der Waals surface area (Å²) in [6.07, 6.45) is 25.6. The maximum atomic E-state index is 12.2. The van der Waals surface area contributed by atoms with Gasteiger partial charge in [0.2, 0.25) is 0 Å². The monoisotopic (exact) mass is 480 g/mol. The number of hydrogen-bond acceptors (Lipinski definition) is 4. The lowest BCUT2D eigenvalue weighted by atomic mass is 10.1. The molecule has 0 unspecified atom stereocenters. The van der Waals surface area contributed by atoms with E-state index < -0.39 is 0 Å². The predicted molar refractivity (Wildman–Crippen MR) is 147 cm³/mol. The Bertz CT molecular complexity index is 787. The Kier molecular flexibility index (Phi) is 15.8. The molecule has 0 spiro atoms. The summed E-state index contributed by atoms with van der Waals surface area (Å²) in [5.74, 6) is 0.453. The highest BCUT2D eigenvalue weighted by Crippen LogP contribution is 2.21. The van der Waals surface area contributed by atoms with Gasteiger partial charge < -0.3 is 4.74 Å². The quantitative estimate of drug-likeness (QED) is 0.108. The molecule has 35 heavy (non-hydrogen) atoms. The van der Waals surface area contributed by atoms with E-state index in [9.17, 15) is 4.79 Å². The Labute approximate surface area is 214 Å². The molecule has 4 heteroatoms. The van der Waals surface area contributed by atoms with Crippen molar-refractivity contribution in [2.75, 3.05) is 0 Å². The number of esters is 1. The van der Waals surface area contributed by atoms with Crippen LogP contribution < -0.4 is 4.74 Å². The smallest absolute Gasteiger partial charge is 0.311 e. The summed E-state index contributed by atoms with van der Waals surface area (Å²) in [6.45, 7) is 4.50. The van der Waals surface area contributed by atoms with Gasteiger partial charge in [-0.15, -0.1) is 0 Å². The summed E-state index contributed by atoms with van der Waals surface area (Å²) in [7, 11) is 0. The number of carbonyl (C=O) groups excluding carboxylic acids is 1. The SMILES string of the molecule is CCCCCCCCCCCCC(=O)Oc1ccc(-c2cnc(CCCCCCCC)cn2)cc1. The molecule has 1 aromatic carbocycles. The van der Waals surface area contributed by atoms with Crippen molar-refractivity contribution in [3.05, 3.63) is 42.4 Å². The fraction of sp³-hybridized carbons (Fsp3) is 0.645. The Balaban J connectivity index is 1.60. The third kappa shape index (κ3) is 13.4. The van der Waals surface area contributed by atoms with E-state index in [1.807, 2.05) is 36.7 Å². The minimum absolute atomic E-state index is 0.142. The molecule has 2 aromatic rings. The highest BCUT2D eigenvalue weighted by atomic mass is 16.5. The molecule has 1 heterocycles. The van der Waals surface area contributed by atoms with Crippen LogP contribution in [0.4, 0.5) is 0 Å². The van der Waals surface area contributed by atoms with Crippen LogP contribution in [0.2, 0.25) is 0 Å². The van der Waals surface area contributed by atoms with Gasteiger partial charge in [-0.25, -0.2) is 0 Å². The molecule has 2 rings (SSSR count). The summed E-state index contributed by atoms with van der Waals surface area (Å²) >= 11 is 0. The van der Waals surface area contributed by atoms with Crippen molar-refractivity contribution in [2.24, 2.45) is 0 Å². The van der Waals surface area contributed by atoms with E-state index in [1.54, 1.807) is 0 Å². The number of rotatable bonds is 20. The van der Waals surface area contributed by atoms with Crippen LogP contribution in [0.1, 0.15) is 129 Å². The summed E-state index contributed by atoms with van der Waals surface area (Å²) in [5.41, 5.74) is 2.89. The van der Waals surface area contributed by atoms with E-state index in [0.29, 0.717) is 12.2 Å². The molecule has 0 amide bonds. The normalized spacial score (nSPS) is 11.0. The Morgan fingerprint density at radius 2 is 1.20 bits per heavy atom. The zero-order valence-electron chi connectivity index (χ0n) is 22.4. The summed E-state index contributed by atoms with van der Waals surface area (Å²) in [6, 6.07) is 7.58. The second-order valence-corrected chi connectivity index (χ2v) is 9.84. The van der Waals surface area contributed by atoms with Crippen molar-refractivity contribution in [1.29, 1.82) is 0 Å². The lowest BCUT2D eigenvalue weighted by Crippen LogP contribution is -2.07. The van der Waals surface area contributed by atoms with Crippen molar-refractivity contribution in [3.8, 4) is 17.0 Å². The number of ether oxygens (including phenoxy) is 1. The third-order valence-corrected chi connectivity index (χ3v) is 6.61. The van der Waals surface area contributed by atoms with E-state index in [0.717, 1.165) is 36.2 Å². The molecule has 4 nitrogen and oxygen atoms in total. The second-order valence-electron chi connectivity index (χ2n) is 9.84. The number of carbonyl (C=O) groups is 1. The molecule has 0 N–H and O–H groups in total. The molecule has 0 fully saturated rings. The topological polar surface area (TPSA) is 52.1 Å². The van der Waals surface area contributed by atoms with Crippen molar-refractivity contribution in [3.63, 3.8) is 0 Å². The molecule has 0 atom stereocenters. The number of hydrogen-bond donors (Lipinski definition) is 0. The molecular weight excluding hydrogens is 432 g/mol. The molecule has 194 valence electrons. The van der Waals surface area contributed by atoms with Crippen molar-refractivity contribution < 1.29 is 9.53 Å². The first-order valence-electron chi connectivity index (χ1n) is 14.3. The highest BCUT2D eigenvalue weighted by Gasteiger charge is 2.07. The van der Waals surface area contributed by atoms with Gasteiger partial charge >= 0.3 is 5.97 Å². The Morgan fingerprint density at radius 1 is 0.657 bits per heavy atom. The first kappa shape index (κ1) is 29.0. The lowest BCUT2D eigenvalue weighted by molar-refractivity contribution is -0.134. The molecule has 0 bridgehead atoms. The average Bonchev–Trinajstić information content (AvgIpc) is 2.88.